The molecule has 1 saturated heterocycles. The molecule has 0 aromatic heterocycles. The first-order valence-corrected chi connectivity index (χ1v) is 9.39. The summed E-state index contributed by atoms with van der Waals surface area (Å²) >= 11 is 1.18. The van der Waals surface area contributed by atoms with Gasteiger partial charge >= 0.3 is 0 Å². The average Bonchev–Trinajstić information content (AvgIpc) is 2.93. The summed E-state index contributed by atoms with van der Waals surface area (Å²) in [7, 11) is 0. The van der Waals surface area contributed by atoms with Gasteiger partial charge in [0.05, 0.1) is 5.69 Å². The highest BCUT2D eigenvalue weighted by molar-refractivity contribution is 8.15. The summed E-state index contributed by atoms with van der Waals surface area (Å²) in [6, 6.07) is 10.4. The first-order valence-electron chi connectivity index (χ1n) is 8.51. The van der Waals surface area contributed by atoms with Crippen molar-refractivity contribution in [2.45, 2.75) is 32.4 Å². The number of rotatable bonds is 4. The van der Waals surface area contributed by atoms with Crippen LogP contribution in [0.4, 0.5) is 15.8 Å². The number of nitrogens with one attached hydrogen (secondary N) is 2. The summed E-state index contributed by atoms with van der Waals surface area (Å²) in [5.74, 6) is -0.866. The van der Waals surface area contributed by atoms with Crippen LogP contribution in [0.15, 0.2) is 41.4 Å². The van der Waals surface area contributed by atoms with E-state index in [1.54, 1.807) is 19.1 Å². The monoisotopic (exact) mass is 385 g/mol. The summed E-state index contributed by atoms with van der Waals surface area (Å²) in [6.45, 7) is 5.58. The first kappa shape index (κ1) is 19.1. The van der Waals surface area contributed by atoms with Crippen LogP contribution in [0.1, 0.15) is 23.1 Å². The molecule has 7 heteroatoms. The van der Waals surface area contributed by atoms with E-state index in [9.17, 15) is 14.0 Å². The Bertz CT molecular complexity index is 943. The predicted octanol–water partition coefficient (Wildman–Crippen LogP) is 4.00. The van der Waals surface area contributed by atoms with Crippen LogP contribution in [0.2, 0.25) is 0 Å². The Labute approximate surface area is 161 Å². The smallest absolute Gasteiger partial charge is 0.240 e. The molecule has 0 spiro atoms. The van der Waals surface area contributed by atoms with Crippen molar-refractivity contribution in [1.29, 1.82) is 0 Å². The Morgan fingerprint density at radius 2 is 1.96 bits per heavy atom. The number of anilines is 1. The third-order valence-electron chi connectivity index (χ3n) is 4.19. The highest BCUT2D eigenvalue weighted by Gasteiger charge is 2.32. The number of benzene rings is 2. The molecular weight excluding hydrogens is 365 g/mol. The standard InChI is InChI=1S/C20H20FN3O2S/c1-11-4-7-16(13(3)8-11)23-18(25)10-17-19(26)24-20(27-17)22-14-6-5-12(2)15(21)9-14/h4-9,17H,10H2,1-3H3,(H,23,25)(H,22,24,26)/t17-/m0/s1. The molecule has 0 unspecified atom stereocenters. The zero-order chi connectivity index (χ0) is 19.6. The van der Waals surface area contributed by atoms with Gasteiger partial charge in [-0.25, -0.2) is 9.38 Å². The lowest BCUT2D eigenvalue weighted by Gasteiger charge is -2.10. The number of amidine groups is 1. The van der Waals surface area contributed by atoms with Gasteiger partial charge < -0.3 is 10.6 Å². The van der Waals surface area contributed by atoms with Gasteiger partial charge in [-0.2, -0.15) is 0 Å². The van der Waals surface area contributed by atoms with Gasteiger partial charge in [0.1, 0.15) is 11.1 Å². The molecule has 0 radical (unpaired) electrons. The topological polar surface area (TPSA) is 70.6 Å². The number of nitrogens with zero attached hydrogens (tertiary/aromatic N) is 1. The van der Waals surface area contributed by atoms with Crippen molar-refractivity contribution in [3.63, 3.8) is 0 Å². The zero-order valence-electron chi connectivity index (χ0n) is 15.3. The second kappa shape index (κ2) is 7.92. The van der Waals surface area contributed by atoms with Crippen LogP contribution in [-0.4, -0.2) is 22.2 Å². The Balaban J connectivity index is 1.64. The minimum absolute atomic E-state index is 0.0328. The summed E-state index contributed by atoms with van der Waals surface area (Å²) in [4.78, 5) is 28.7. The molecule has 0 bridgehead atoms. The molecule has 0 saturated carbocycles. The van der Waals surface area contributed by atoms with Crippen LogP contribution in [-0.2, 0) is 9.59 Å². The van der Waals surface area contributed by atoms with Crippen LogP contribution in [0.3, 0.4) is 0 Å². The predicted molar refractivity (Wildman–Crippen MR) is 107 cm³/mol. The normalized spacial score (nSPS) is 17.9. The molecule has 27 heavy (non-hydrogen) atoms. The second-order valence-electron chi connectivity index (χ2n) is 6.52. The lowest BCUT2D eigenvalue weighted by molar-refractivity contribution is -0.122. The number of hydrogen-bond donors (Lipinski definition) is 2. The molecule has 1 heterocycles. The van der Waals surface area contributed by atoms with E-state index in [4.69, 9.17) is 0 Å². The Morgan fingerprint density at radius 1 is 1.19 bits per heavy atom. The number of halogens is 1. The molecular formula is C20H20FN3O2S. The second-order valence-corrected chi connectivity index (χ2v) is 7.71. The SMILES string of the molecule is Cc1ccc(NC(=O)C[C@@H]2SC(=Nc3ccc(C)c(F)c3)NC2=O)c(C)c1. The quantitative estimate of drug-likeness (QED) is 0.836. The van der Waals surface area contributed by atoms with Crippen LogP contribution >= 0.6 is 11.8 Å². The first-order chi connectivity index (χ1) is 12.8. The van der Waals surface area contributed by atoms with Crippen molar-refractivity contribution in [2.24, 2.45) is 4.99 Å². The lowest BCUT2D eigenvalue weighted by Crippen LogP contribution is -2.28. The molecule has 1 aliphatic heterocycles. The fourth-order valence-electron chi connectivity index (χ4n) is 2.68. The Morgan fingerprint density at radius 3 is 2.67 bits per heavy atom. The molecule has 140 valence electrons. The number of carbonyl (C=O) groups excluding carboxylic acids is 2. The van der Waals surface area contributed by atoms with E-state index >= 15 is 0 Å². The lowest BCUT2D eigenvalue weighted by atomic mass is 10.1. The maximum Gasteiger partial charge on any atom is 0.240 e. The molecule has 2 aromatic carbocycles. The third kappa shape index (κ3) is 4.74. The van der Waals surface area contributed by atoms with Crippen LogP contribution in [0, 0.1) is 26.6 Å². The van der Waals surface area contributed by atoms with Crippen molar-refractivity contribution in [3.05, 3.63) is 58.9 Å². The third-order valence-corrected chi connectivity index (χ3v) is 5.27. The van der Waals surface area contributed by atoms with Gasteiger partial charge in [0.2, 0.25) is 11.8 Å². The molecule has 1 fully saturated rings. The summed E-state index contributed by atoms with van der Waals surface area (Å²) in [6.07, 6.45) is 0.0328. The van der Waals surface area contributed by atoms with E-state index in [2.05, 4.69) is 15.6 Å². The fourth-order valence-corrected chi connectivity index (χ4v) is 3.67. The molecule has 1 atom stereocenters. The van der Waals surface area contributed by atoms with Gasteiger partial charge in [0.25, 0.3) is 0 Å². The maximum atomic E-state index is 13.6. The van der Waals surface area contributed by atoms with Crippen molar-refractivity contribution < 1.29 is 14.0 Å². The zero-order valence-corrected chi connectivity index (χ0v) is 16.1. The molecule has 2 N–H and O–H groups in total. The van der Waals surface area contributed by atoms with E-state index in [-0.39, 0.29) is 24.1 Å². The molecule has 3 rings (SSSR count). The van der Waals surface area contributed by atoms with Crippen LogP contribution in [0.25, 0.3) is 0 Å². The number of thioether (sulfide) groups is 1. The van der Waals surface area contributed by atoms with E-state index in [1.807, 2.05) is 32.0 Å². The molecule has 5 nitrogen and oxygen atoms in total. The number of carbonyl (C=O) groups is 2. The molecule has 2 aromatic rings. The van der Waals surface area contributed by atoms with Crippen molar-refractivity contribution in [1.82, 2.24) is 5.32 Å². The highest BCUT2D eigenvalue weighted by atomic mass is 32.2. The maximum absolute atomic E-state index is 13.6. The van der Waals surface area contributed by atoms with Gasteiger partial charge in [-0.05, 0) is 50.1 Å². The molecule has 2 amide bonds. The highest BCUT2D eigenvalue weighted by Crippen LogP contribution is 2.26. The summed E-state index contributed by atoms with van der Waals surface area (Å²) < 4.78 is 13.6. The Hall–Kier alpha value is -2.67. The summed E-state index contributed by atoms with van der Waals surface area (Å²) in [5, 5.41) is 5.29. The van der Waals surface area contributed by atoms with E-state index < -0.39 is 5.25 Å². The minimum Gasteiger partial charge on any atom is -0.326 e. The van der Waals surface area contributed by atoms with Gasteiger partial charge in [-0.3, -0.25) is 9.59 Å². The van der Waals surface area contributed by atoms with E-state index in [0.29, 0.717) is 16.4 Å². The number of aryl methyl sites for hydroxylation is 3. The van der Waals surface area contributed by atoms with Gasteiger partial charge in [-0.15, -0.1) is 0 Å². The number of hydrogen-bond acceptors (Lipinski definition) is 4. The number of amides is 2. The van der Waals surface area contributed by atoms with E-state index in [0.717, 1.165) is 16.8 Å². The minimum atomic E-state index is -0.565. The molecule has 0 aliphatic carbocycles. The summed E-state index contributed by atoms with van der Waals surface area (Å²) in [5.41, 5.74) is 3.77. The fraction of sp³-hybridized carbons (Fsp3) is 0.250. The van der Waals surface area contributed by atoms with Crippen LogP contribution < -0.4 is 10.6 Å². The molecule has 1 aliphatic rings. The van der Waals surface area contributed by atoms with Crippen molar-refractivity contribution in [3.8, 4) is 0 Å². The average molecular weight is 385 g/mol. The van der Waals surface area contributed by atoms with Gasteiger partial charge in [0.15, 0.2) is 5.17 Å². The Kier molecular flexibility index (Phi) is 5.60. The number of aliphatic imine (C=N–C) groups is 1. The van der Waals surface area contributed by atoms with Crippen LogP contribution in [0.5, 0.6) is 0 Å². The largest absolute Gasteiger partial charge is 0.326 e. The van der Waals surface area contributed by atoms with E-state index in [1.165, 1.54) is 17.8 Å². The van der Waals surface area contributed by atoms with Gasteiger partial charge in [-0.1, -0.05) is 35.5 Å². The van der Waals surface area contributed by atoms with Crippen molar-refractivity contribution >= 4 is 40.1 Å². The van der Waals surface area contributed by atoms with Crippen molar-refractivity contribution in [2.75, 3.05) is 5.32 Å². The van der Waals surface area contributed by atoms with Gasteiger partial charge in [0, 0.05) is 12.1 Å².